The predicted molar refractivity (Wildman–Crippen MR) is 21.4 cm³/mol. The third kappa shape index (κ3) is 3.68. The SMILES string of the molecule is CP(=O)(O)C#N. The van der Waals surface area contributed by atoms with Gasteiger partial charge in [-0.1, -0.05) is 0 Å². The Morgan fingerprint density at radius 1 is 2.00 bits per heavy atom. The molecule has 0 aromatic heterocycles. The van der Waals surface area contributed by atoms with Gasteiger partial charge in [-0.2, -0.15) is 5.26 Å². The lowest BCUT2D eigenvalue weighted by molar-refractivity contribution is 0.497. The molecule has 0 heterocycles. The summed E-state index contributed by atoms with van der Waals surface area (Å²) in [5.41, 5.74) is 0. The van der Waals surface area contributed by atoms with Gasteiger partial charge in [0.05, 0.1) is 0 Å². The smallest absolute Gasteiger partial charge is 0.293 e. The molecule has 0 aliphatic heterocycles. The highest BCUT2D eigenvalue weighted by atomic mass is 31.2. The van der Waals surface area contributed by atoms with Crippen molar-refractivity contribution in [2.24, 2.45) is 0 Å². The fourth-order valence-electron chi connectivity index (χ4n) is 0. The van der Waals surface area contributed by atoms with Gasteiger partial charge in [0.15, 0.2) is 5.81 Å². The van der Waals surface area contributed by atoms with E-state index in [0.29, 0.717) is 0 Å². The van der Waals surface area contributed by atoms with Gasteiger partial charge < -0.3 is 4.89 Å². The van der Waals surface area contributed by atoms with Gasteiger partial charge in [-0.3, -0.25) is 4.57 Å². The highest BCUT2D eigenvalue weighted by molar-refractivity contribution is 7.62. The summed E-state index contributed by atoms with van der Waals surface area (Å²) in [6.45, 7) is 0.993. The molecule has 0 bridgehead atoms. The van der Waals surface area contributed by atoms with Crippen molar-refractivity contribution in [2.75, 3.05) is 6.66 Å². The van der Waals surface area contributed by atoms with Crippen molar-refractivity contribution in [1.29, 1.82) is 5.26 Å². The van der Waals surface area contributed by atoms with Gasteiger partial charge in [0.1, 0.15) is 0 Å². The van der Waals surface area contributed by atoms with Gasteiger partial charge in [-0.25, -0.2) is 0 Å². The van der Waals surface area contributed by atoms with Crippen LogP contribution in [0.5, 0.6) is 0 Å². The number of hydrogen-bond acceptors (Lipinski definition) is 2. The lowest BCUT2D eigenvalue weighted by atomic mass is 11.8. The van der Waals surface area contributed by atoms with E-state index in [0.717, 1.165) is 6.66 Å². The molecular weight excluding hydrogens is 101 g/mol. The van der Waals surface area contributed by atoms with Crippen LogP contribution in [0, 0.1) is 11.1 Å². The Hall–Kier alpha value is -0.320. The van der Waals surface area contributed by atoms with Crippen LogP contribution in [0.2, 0.25) is 0 Å². The summed E-state index contributed by atoms with van der Waals surface area (Å²) in [6.07, 6.45) is 0. The van der Waals surface area contributed by atoms with Crippen LogP contribution in [0.15, 0.2) is 0 Å². The standard InChI is InChI=1S/C2H4NO2P/c1-6(4,5)2-3/h1H3,(H,4,5). The van der Waals surface area contributed by atoms with E-state index in [1.165, 1.54) is 5.81 Å². The zero-order valence-corrected chi connectivity index (χ0v) is 4.14. The van der Waals surface area contributed by atoms with Crippen LogP contribution in [-0.4, -0.2) is 11.6 Å². The van der Waals surface area contributed by atoms with Gasteiger partial charge in [0.25, 0.3) is 7.37 Å². The molecule has 0 saturated carbocycles. The van der Waals surface area contributed by atoms with Gasteiger partial charge in [-0.15, -0.1) is 0 Å². The van der Waals surface area contributed by atoms with Crippen LogP contribution < -0.4 is 0 Å². The molecule has 0 saturated heterocycles. The summed E-state index contributed by atoms with van der Waals surface area (Å²) >= 11 is 0. The Labute approximate surface area is 35.7 Å². The highest BCUT2D eigenvalue weighted by Gasteiger charge is 2.02. The Bertz CT molecular complexity index is 118. The Morgan fingerprint density at radius 3 is 2.17 bits per heavy atom. The van der Waals surface area contributed by atoms with Crippen molar-refractivity contribution < 1.29 is 9.46 Å². The van der Waals surface area contributed by atoms with Crippen LogP contribution in [0.1, 0.15) is 0 Å². The summed E-state index contributed by atoms with van der Waals surface area (Å²) in [5.74, 6) is 1.22. The van der Waals surface area contributed by atoms with Gasteiger partial charge in [-0.05, 0) is 0 Å². The third-order valence-corrected chi connectivity index (χ3v) is 0.557. The summed E-state index contributed by atoms with van der Waals surface area (Å²) in [7, 11) is -3.34. The molecule has 4 heteroatoms. The van der Waals surface area contributed by atoms with Crippen molar-refractivity contribution in [2.45, 2.75) is 0 Å². The van der Waals surface area contributed by atoms with Crippen molar-refractivity contribution >= 4 is 7.37 Å². The molecule has 0 amide bonds. The molecule has 1 N–H and O–H groups in total. The quantitative estimate of drug-likeness (QED) is 0.452. The van der Waals surface area contributed by atoms with E-state index >= 15 is 0 Å². The molecule has 0 aromatic carbocycles. The fourth-order valence-corrected chi connectivity index (χ4v) is 0. The summed E-state index contributed by atoms with van der Waals surface area (Å²) in [6, 6.07) is 0. The molecule has 1 unspecified atom stereocenters. The maximum Gasteiger partial charge on any atom is 0.293 e. The minimum absolute atomic E-state index is 0.993. The molecule has 6 heavy (non-hydrogen) atoms. The van der Waals surface area contributed by atoms with Crippen molar-refractivity contribution in [3.8, 4) is 5.81 Å². The lowest BCUT2D eigenvalue weighted by Gasteiger charge is -1.81. The molecule has 34 valence electrons. The number of nitriles is 1. The summed E-state index contributed by atoms with van der Waals surface area (Å²) in [5, 5.41) is 7.64. The second kappa shape index (κ2) is 1.42. The van der Waals surface area contributed by atoms with Crippen LogP contribution in [0.3, 0.4) is 0 Å². The van der Waals surface area contributed by atoms with Gasteiger partial charge in [0.2, 0.25) is 0 Å². The first-order valence-electron chi connectivity index (χ1n) is 1.28. The molecule has 0 spiro atoms. The molecule has 0 aliphatic rings. The van der Waals surface area contributed by atoms with Crippen LogP contribution in [0.4, 0.5) is 0 Å². The average molecular weight is 105 g/mol. The van der Waals surface area contributed by atoms with Crippen LogP contribution in [0.25, 0.3) is 0 Å². The van der Waals surface area contributed by atoms with E-state index in [4.69, 9.17) is 10.2 Å². The van der Waals surface area contributed by atoms with Crippen molar-refractivity contribution in [3.05, 3.63) is 0 Å². The molecule has 3 nitrogen and oxygen atoms in total. The van der Waals surface area contributed by atoms with Crippen molar-refractivity contribution in [1.82, 2.24) is 0 Å². The first kappa shape index (κ1) is 5.68. The molecule has 0 rings (SSSR count). The van der Waals surface area contributed by atoms with E-state index in [-0.39, 0.29) is 0 Å². The topological polar surface area (TPSA) is 61.1 Å². The maximum atomic E-state index is 9.78. The summed E-state index contributed by atoms with van der Waals surface area (Å²) in [4.78, 5) is 8.02. The molecular formula is C2H4NO2P. The minimum atomic E-state index is -3.34. The molecule has 0 radical (unpaired) electrons. The largest absolute Gasteiger partial charge is 0.334 e. The van der Waals surface area contributed by atoms with E-state index in [1.807, 2.05) is 0 Å². The molecule has 1 atom stereocenters. The van der Waals surface area contributed by atoms with Crippen LogP contribution >= 0.6 is 7.37 Å². The van der Waals surface area contributed by atoms with Crippen LogP contribution in [-0.2, 0) is 4.57 Å². The maximum absolute atomic E-state index is 9.78. The molecule has 0 aromatic rings. The fraction of sp³-hybridized carbons (Fsp3) is 0.500. The first-order valence-corrected chi connectivity index (χ1v) is 3.38. The first-order chi connectivity index (χ1) is 2.56. The number of nitrogens with zero attached hydrogens (tertiary/aromatic N) is 1. The Balaban J connectivity index is 3.94. The monoisotopic (exact) mass is 105 g/mol. The van der Waals surface area contributed by atoms with Gasteiger partial charge >= 0.3 is 0 Å². The minimum Gasteiger partial charge on any atom is -0.334 e. The van der Waals surface area contributed by atoms with Crippen molar-refractivity contribution in [3.63, 3.8) is 0 Å². The Morgan fingerprint density at radius 2 is 2.17 bits per heavy atom. The van der Waals surface area contributed by atoms with E-state index in [1.54, 1.807) is 0 Å². The molecule has 0 aliphatic carbocycles. The number of hydrogen-bond donors (Lipinski definition) is 1. The number of rotatable bonds is 0. The van der Waals surface area contributed by atoms with Gasteiger partial charge in [0, 0.05) is 6.66 Å². The Kier molecular flexibility index (Phi) is 1.34. The third-order valence-electron chi connectivity index (χ3n) is 0.186. The average Bonchev–Trinajstić information content (AvgIpc) is 1.35. The van der Waals surface area contributed by atoms with E-state index in [2.05, 4.69) is 0 Å². The van der Waals surface area contributed by atoms with E-state index in [9.17, 15) is 4.57 Å². The summed E-state index contributed by atoms with van der Waals surface area (Å²) < 4.78 is 9.78. The highest BCUT2D eigenvalue weighted by Crippen LogP contribution is 2.31. The normalized spacial score (nSPS) is 18.2. The second-order valence-electron chi connectivity index (χ2n) is 0.979. The lowest BCUT2D eigenvalue weighted by Crippen LogP contribution is -1.62. The molecule has 0 fully saturated rings. The second-order valence-corrected chi connectivity index (χ2v) is 2.94. The predicted octanol–water partition coefficient (Wildman–Crippen LogP) is 0.368. The van der Waals surface area contributed by atoms with E-state index < -0.39 is 7.37 Å². The zero-order chi connectivity index (χ0) is 5.21. The zero-order valence-electron chi connectivity index (χ0n) is 3.25.